The van der Waals surface area contributed by atoms with E-state index in [-0.39, 0.29) is 0 Å². The summed E-state index contributed by atoms with van der Waals surface area (Å²) in [5.74, 6) is 6.71. The fraction of sp³-hybridized carbons (Fsp3) is 0.438. The van der Waals surface area contributed by atoms with Gasteiger partial charge in [0.15, 0.2) is 5.60 Å². The molecule has 0 aliphatic carbocycles. The third-order valence-corrected chi connectivity index (χ3v) is 3.13. The van der Waals surface area contributed by atoms with Crippen LogP contribution < -0.4 is 0 Å². The lowest BCUT2D eigenvalue weighted by atomic mass is 9.91. The number of unbranched alkanes of at least 4 members (excludes halogenated alkanes) is 2. The van der Waals surface area contributed by atoms with Crippen LogP contribution in [0, 0.1) is 23.2 Å². The Morgan fingerprint density at radius 3 is 2.42 bits per heavy atom. The van der Waals surface area contributed by atoms with Crippen LogP contribution in [0.4, 0.5) is 0 Å². The normalized spacial score (nSPS) is 12.9. The number of nitriles is 1. The minimum absolute atomic E-state index is 0.329. The Morgan fingerprint density at radius 2 is 1.79 bits per heavy atom. The molecule has 0 saturated carbocycles. The zero-order chi connectivity index (χ0) is 14.0. The molecule has 1 rings (SSSR count). The largest absolute Gasteiger partial charge is 0.371 e. The number of rotatable bonds is 6. The lowest BCUT2D eigenvalue weighted by Crippen LogP contribution is -2.22. The fourth-order valence-electron chi connectivity index (χ4n) is 1.71. The number of hydrogen-bond acceptors (Lipinski definition) is 2. The summed E-state index contributed by atoms with van der Waals surface area (Å²) in [7, 11) is 0. The molecule has 3 heteroatoms. The third-order valence-electron chi connectivity index (χ3n) is 2.86. The molecule has 1 N–H and O–H groups in total. The summed E-state index contributed by atoms with van der Waals surface area (Å²) < 4.78 is 0. The molecule has 0 fully saturated rings. The van der Waals surface area contributed by atoms with Crippen molar-refractivity contribution in [2.75, 3.05) is 5.88 Å². The molecular weight excluding hydrogens is 258 g/mol. The minimum atomic E-state index is -1.44. The van der Waals surface area contributed by atoms with Gasteiger partial charge < -0.3 is 5.11 Å². The van der Waals surface area contributed by atoms with Crippen LogP contribution in [-0.2, 0) is 5.60 Å². The Morgan fingerprint density at radius 1 is 1.11 bits per heavy atom. The standard InChI is InChI=1S/C16H18ClNO/c17-13-9-4-2-1-3-8-12-16(19,14-18)15-10-6-5-7-11-15/h5-7,10-11,19H,2,4,8-9,12-13H2. The number of aliphatic hydroxyl groups is 1. The highest BCUT2D eigenvalue weighted by atomic mass is 35.5. The van der Waals surface area contributed by atoms with E-state index >= 15 is 0 Å². The zero-order valence-electron chi connectivity index (χ0n) is 10.9. The quantitative estimate of drug-likeness (QED) is 0.373. The average Bonchev–Trinajstić information content (AvgIpc) is 2.47. The smallest absolute Gasteiger partial charge is 0.177 e. The summed E-state index contributed by atoms with van der Waals surface area (Å²) in [6.07, 6.45) is 3.64. The summed E-state index contributed by atoms with van der Waals surface area (Å²) in [4.78, 5) is 0. The molecule has 0 saturated heterocycles. The van der Waals surface area contributed by atoms with E-state index in [9.17, 15) is 5.11 Å². The monoisotopic (exact) mass is 275 g/mol. The van der Waals surface area contributed by atoms with E-state index in [0.717, 1.165) is 19.3 Å². The van der Waals surface area contributed by atoms with Gasteiger partial charge in [-0.05, 0) is 18.4 Å². The van der Waals surface area contributed by atoms with Crippen molar-refractivity contribution in [2.24, 2.45) is 0 Å². The van der Waals surface area contributed by atoms with Crippen molar-refractivity contribution in [3.8, 4) is 17.9 Å². The van der Waals surface area contributed by atoms with Gasteiger partial charge in [-0.15, -0.1) is 23.4 Å². The van der Waals surface area contributed by atoms with Crippen LogP contribution in [0.15, 0.2) is 30.3 Å². The van der Waals surface area contributed by atoms with Gasteiger partial charge in [0, 0.05) is 25.1 Å². The van der Waals surface area contributed by atoms with E-state index in [1.165, 1.54) is 0 Å². The molecule has 100 valence electrons. The molecule has 0 aromatic heterocycles. The number of benzene rings is 1. The topological polar surface area (TPSA) is 44.0 Å². The molecule has 1 atom stereocenters. The highest BCUT2D eigenvalue weighted by Gasteiger charge is 2.27. The van der Waals surface area contributed by atoms with Crippen molar-refractivity contribution in [3.05, 3.63) is 35.9 Å². The van der Waals surface area contributed by atoms with Crippen molar-refractivity contribution in [3.63, 3.8) is 0 Å². The van der Waals surface area contributed by atoms with Crippen LogP contribution in [0.25, 0.3) is 0 Å². The van der Waals surface area contributed by atoms with Crippen molar-refractivity contribution in [1.82, 2.24) is 0 Å². The zero-order valence-corrected chi connectivity index (χ0v) is 11.7. The Bertz CT molecular complexity index is 469. The first kappa shape index (κ1) is 15.6. The van der Waals surface area contributed by atoms with Gasteiger partial charge in [0.25, 0.3) is 0 Å². The molecular formula is C16H18ClNO. The van der Waals surface area contributed by atoms with Crippen LogP contribution in [-0.4, -0.2) is 11.0 Å². The van der Waals surface area contributed by atoms with Gasteiger partial charge in [0.05, 0.1) is 0 Å². The van der Waals surface area contributed by atoms with Crippen LogP contribution in [0.1, 0.15) is 37.7 Å². The van der Waals surface area contributed by atoms with Gasteiger partial charge in [0.2, 0.25) is 0 Å². The van der Waals surface area contributed by atoms with Gasteiger partial charge >= 0.3 is 0 Å². The van der Waals surface area contributed by atoms with Gasteiger partial charge in [0.1, 0.15) is 6.07 Å². The Labute approximate surface area is 120 Å². The van der Waals surface area contributed by atoms with Gasteiger partial charge in [-0.1, -0.05) is 30.3 Å². The van der Waals surface area contributed by atoms with Crippen LogP contribution in [0.5, 0.6) is 0 Å². The minimum Gasteiger partial charge on any atom is -0.371 e. The van der Waals surface area contributed by atoms with E-state index < -0.39 is 5.60 Å². The molecule has 0 amide bonds. The summed E-state index contributed by atoms with van der Waals surface area (Å²) >= 11 is 5.57. The number of halogens is 1. The van der Waals surface area contributed by atoms with Crippen molar-refractivity contribution in [1.29, 1.82) is 5.26 Å². The number of alkyl halides is 1. The fourth-order valence-corrected chi connectivity index (χ4v) is 1.90. The average molecular weight is 276 g/mol. The molecule has 0 bridgehead atoms. The second-order valence-corrected chi connectivity index (χ2v) is 4.72. The first-order valence-corrected chi connectivity index (χ1v) is 6.97. The summed E-state index contributed by atoms with van der Waals surface area (Å²) in [6.45, 7) is 0. The highest BCUT2D eigenvalue weighted by molar-refractivity contribution is 6.17. The van der Waals surface area contributed by atoms with E-state index in [2.05, 4.69) is 11.8 Å². The van der Waals surface area contributed by atoms with Gasteiger partial charge in [-0.25, -0.2) is 0 Å². The van der Waals surface area contributed by atoms with Crippen LogP contribution in [0.3, 0.4) is 0 Å². The highest BCUT2D eigenvalue weighted by Crippen LogP contribution is 2.25. The molecule has 1 aromatic rings. The molecule has 0 heterocycles. The first-order chi connectivity index (χ1) is 9.23. The van der Waals surface area contributed by atoms with Gasteiger partial charge in [-0.3, -0.25) is 0 Å². The Hall–Kier alpha value is -1.48. The molecule has 0 radical (unpaired) electrons. The molecule has 19 heavy (non-hydrogen) atoms. The van der Waals surface area contributed by atoms with Crippen molar-refractivity contribution in [2.45, 2.75) is 37.7 Å². The Balaban J connectivity index is 2.48. The predicted octanol–water partition coefficient (Wildman–Crippen LogP) is 3.59. The van der Waals surface area contributed by atoms with Crippen molar-refractivity contribution < 1.29 is 5.11 Å². The van der Waals surface area contributed by atoms with Gasteiger partial charge in [-0.2, -0.15) is 5.26 Å². The van der Waals surface area contributed by atoms with Crippen LogP contribution in [0.2, 0.25) is 0 Å². The molecule has 0 aliphatic heterocycles. The number of hydrogen-bond donors (Lipinski definition) is 1. The van der Waals surface area contributed by atoms with Crippen LogP contribution >= 0.6 is 11.6 Å². The maximum Gasteiger partial charge on any atom is 0.177 e. The maximum atomic E-state index is 10.3. The second kappa shape index (κ2) is 8.59. The second-order valence-electron chi connectivity index (χ2n) is 4.34. The third kappa shape index (κ3) is 5.35. The molecule has 0 aliphatic rings. The Kier molecular flexibility index (Phi) is 7.04. The molecule has 0 spiro atoms. The first-order valence-electron chi connectivity index (χ1n) is 6.44. The SMILES string of the molecule is N#CC(O)(CCC#CCCCCCl)c1ccccc1. The molecule has 1 unspecified atom stereocenters. The molecule has 1 aromatic carbocycles. The lowest BCUT2D eigenvalue weighted by molar-refractivity contribution is 0.0896. The summed E-state index contributed by atoms with van der Waals surface area (Å²) in [5, 5.41) is 19.4. The van der Waals surface area contributed by atoms with E-state index in [4.69, 9.17) is 16.9 Å². The summed E-state index contributed by atoms with van der Waals surface area (Å²) in [6, 6.07) is 11.0. The predicted molar refractivity (Wildman–Crippen MR) is 77.5 cm³/mol. The molecule has 2 nitrogen and oxygen atoms in total. The lowest BCUT2D eigenvalue weighted by Gasteiger charge is -2.19. The van der Waals surface area contributed by atoms with E-state index in [0.29, 0.717) is 24.3 Å². The van der Waals surface area contributed by atoms with E-state index in [1.807, 2.05) is 24.3 Å². The van der Waals surface area contributed by atoms with E-state index in [1.54, 1.807) is 12.1 Å². The number of nitrogens with zero attached hydrogens (tertiary/aromatic N) is 1. The maximum absolute atomic E-state index is 10.3. The summed E-state index contributed by atoms with van der Waals surface area (Å²) in [5.41, 5.74) is -0.812. The van der Waals surface area contributed by atoms with Crippen molar-refractivity contribution >= 4 is 11.6 Å².